The van der Waals surface area contributed by atoms with Gasteiger partial charge < -0.3 is 5.73 Å². The molecule has 2 aromatic rings. The molecule has 0 unspecified atom stereocenters. The molecule has 16 heavy (non-hydrogen) atoms. The zero-order valence-electron chi connectivity index (χ0n) is 9.69. The van der Waals surface area contributed by atoms with Gasteiger partial charge in [-0.15, -0.1) is 11.3 Å². The Kier molecular flexibility index (Phi) is 2.68. The van der Waals surface area contributed by atoms with Crippen LogP contribution in [0, 0.1) is 0 Å². The molecule has 0 aliphatic rings. The van der Waals surface area contributed by atoms with Gasteiger partial charge in [0.1, 0.15) is 5.82 Å². The molecule has 0 aromatic carbocycles. The number of aromatic nitrogens is 2. The monoisotopic (exact) mass is 233 g/mol. The minimum atomic E-state index is 0.0987. The van der Waals surface area contributed by atoms with Crippen LogP contribution in [0.25, 0.3) is 10.4 Å². The van der Waals surface area contributed by atoms with E-state index >= 15 is 0 Å². The lowest BCUT2D eigenvalue weighted by Gasteiger charge is -2.13. The predicted octanol–water partition coefficient (Wildman–Crippen LogP) is 3.08. The van der Waals surface area contributed by atoms with E-state index < -0.39 is 0 Å². The SMILES string of the molecule is CC(C)(C)c1ncc(-c2ccnc(N)c2)s1. The highest BCUT2D eigenvalue weighted by molar-refractivity contribution is 7.15. The molecule has 4 heteroatoms. The first-order chi connectivity index (χ1) is 7.47. The Labute approximate surface area is 99.4 Å². The number of nitrogens with zero attached hydrogens (tertiary/aromatic N) is 2. The number of nitrogen functional groups attached to an aromatic ring is 1. The van der Waals surface area contributed by atoms with E-state index in [1.54, 1.807) is 17.5 Å². The Hall–Kier alpha value is -1.42. The van der Waals surface area contributed by atoms with Crippen molar-refractivity contribution in [2.45, 2.75) is 26.2 Å². The van der Waals surface area contributed by atoms with Crippen molar-refractivity contribution >= 4 is 17.2 Å². The maximum absolute atomic E-state index is 5.66. The van der Waals surface area contributed by atoms with Crippen LogP contribution in [0.2, 0.25) is 0 Å². The summed E-state index contributed by atoms with van der Waals surface area (Å²) < 4.78 is 0. The zero-order valence-corrected chi connectivity index (χ0v) is 10.5. The fourth-order valence-corrected chi connectivity index (χ4v) is 2.33. The molecule has 2 heterocycles. The van der Waals surface area contributed by atoms with Gasteiger partial charge >= 0.3 is 0 Å². The number of thiazole rings is 1. The van der Waals surface area contributed by atoms with Gasteiger partial charge in [-0.05, 0) is 17.7 Å². The zero-order chi connectivity index (χ0) is 11.8. The van der Waals surface area contributed by atoms with Crippen molar-refractivity contribution in [3.63, 3.8) is 0 Å². The summed E-state index contributed by atoms with van der Waals surface area (Å²) in [6, 6.07) is 3.83. The Balaban J connectivity index is 2.39. The van der Waals surface area contributed by atoms with Crippen LogP contribution in [-0.2, 0) is 5.41 Å². The summed E-state index contributed by atoms with van der Waals surface area (Å²) in [5, 5.41) is 1.14. The van der Waals surface area contributed by atoms with Crippen molar-refractivity contribution in [1.82, 2.24) is 9.97 Å². The Morgan fingerprint density at radius 2 is 2.00 bits per heavy atom. The minimum absolute atomic E-state index is 0.0987. The molecule has 0 saturated heterocycles. The maximum atomic E-state index is 5.66. The maximum Gasteiger partial charge on any atom is 0.123 e. The van der Waals surface area contributed by atoms with E-state index in [4.69, 9.17) is 5.73 Å². The first-order valence-electron chi connectivity index (χ1n) is 5.15. The molecule has 0 fully saturated rings. The van der Waals surface area contributed by atoms with Crippen molar-refractivity contribution < 1.29 is 0 Å². The van der Waals surface area contributed by atoms with Gasteiger partial charge in [0, 0.05) is 17.8 Å². The summed E-state index contributed by atoms with van der Waals surface area (Å²) in [6.07, 6.45) is 3.63. The summed E-state index contributed by atoms with van der Waals surface area (Å²) in [5.41, 5.74) is 6.84. The average Bonchev–Trinajstić information content (AvgIpc) is 2.65. The molecule has 0 aliphatic heterocycles. The smallest absolute Gasteiger partial charge is 0.123 e. The molecular weight excluding hydrogens is 218 g/mol. The molecule has 84 valence electrons. The highest BCUT2D eigenvalue weighted by Crippen LogP contribution is 2.32. The Morgan fingerprint density at radius 3 is 2.56 bits per heavy atom. The Morgan fingerprint density at radius 1 is 1.25 bits per heavy atom. The van der Waals surface area contributed by atoms with Gasteiger partial charge in [0.2, 0.25) is 0 Å². The number of rotatable bonds is 1. The van der Waals surface area contributed by atoms with Crippen LogP contribution < -0.4 is 5.73 Å². The van der Waals surface area contributed by atoms with E-state index in [1.165, 1.54) is 0 Å². The van der Waals surface area contributed by atoms with E-state index in [1.807, 2.05) is 18.3 Å². The summed E-state index contributed by atoms with van der Waals surface area (Å²) in [5.74, 6) is 0.545. The quantitative estimate of drug-likeness (QED) is 0.823. The van der Waals surface area contributed by atoms with Crippen LogP contribution >= 0.6 is 11.3 Å². The average molecular weight is 233 g/mol. The van der Waals surface area contributed by atoms with Gasteiger partial charge in [-0.2, -0.15) is 0 Å². The first kappa shape index (κ1) is 11.1. The van der Waals surface area contributed by atoms with Gasteiger partial charge in [0.25, 0.3) is 0 Å². The van der Waals surface area contributed by atoms with Gasteiger partial charge in [0.15, 0.2) is 0 Å². The van der Waals surface area contributed by atoms with Crippen LogP contribution in [0.4, 0.5) is 5.82 Å². The predicted molar refractivity (Wildman–Crippen MR) is 68.5 cm³/mol. The van der Waals surface area contributed by atoms with Crippen LogP contribution in [0.5, 0.6) is 0 Å². The molecule has 0 amide bonds. The standard InChI is InChI=1S/C12H15N3S/c1-12(2,3)11-15-7-9(16-11)8-4-5-14-10(13)6-8/h4-7H,1-3H3,(H2,13,14). The van der Waals surface area contributed by atoms with E-state index in [-0.39, 0.29) is 5.41 Å². The van der Waals surface area contributed by atoms with Crippen LogP contribution in [-0.4, -0.2) is 9.97 Å². The largest absolute Gasteiger partial charge is 0.384 e. The van der Waals surface area contributed by atoms with Crippen molar-refractivity contribution in [3.8, 4) is 10.4 Å². The Bertz CT molecular complexity index is 497. The van der Waals surface area contributed by atoms with Crippen molar-refractivity contribution in [2.75, 3.05) is 5.73 Å². The topological polar surface area (TPSA) is 51.8 Å². The molecule has 0 radical (unpaired) electrons. The highest BCUT2D eigenvalue weighted by atomic mass is 32.1. The number of anilines is 1. The number of nitrogens with two attached hydrogens (primary N) is 1. The normalized spacial score (nSPS) is 11.7. The van der Waals surface area contributed by atoms with Gasteiger partial charge in [-0.3, -0.25) is 0 Å². The third-order valence-corrected chi connectivity index (χ3v) is 3.69. The summed E-state index contributed by atoms with van der Waals surface area (Å²) >= 11 is 1.71. The van der Waals surface area contributed by atoms with E-state index in [0.717, 1.165) is 15.4 Å². The van der Waals surface area contributed by atoms with E-state index in [2.05, 4.69) is 30.7 Å². The lowest BCUT2D eigenvalue weighted by atomic mass is 9.98. The van der Waals surface area contributed by atoms with Gasteiger partial charge in [0.05, 0.1) is 9.88 Å². The lowest BCUT2D eigenvalue weighted by molar-refractivity contribution is 0.585. The van der Waals surface area contributed by atoms with Crippen LogP contribution in [0.15, 0.2) is 24.5 Å². The molecule has 3 nitrogen and oxygen atoms in total. The summed E-state index contributed by atoms with van der Waals surface area (Å²) in [6.45, 7) is 6.49. The van der Waals surface area contributed by atoms with E-state index in [9.17, 15) is 0 Å². The second-order valence-electron chi connectivity index (χ2n) is 4.75. The molecule has 0 bridgehead atoms. The first-order valence-corrected chi connectivity index (χ1v) is 5.97. The molecule has 0 spiro atoms. The van der Waals surface area contributed by atoms with E-state index in [0.29, 0.717) is 5.82 Å². The second-order valence-corrected chi connectivity index (χ2v) is 5.78. The fraction of sp³-hybridized carbons (Fsp3) is 0.333. The molecule has 2 rings (SSSR count). The third kappa shape index (κ3) is 2.22. The number of hydrogen-bond acceptors (Lipinski definition) is 4. The van der Waals surface area contributed by atoms with Crippen molar-refractivity contribution in [3.05, 3.63) is 29.5 Å². The third-order valence-electron chi connectivity index (χ3n) is 2.21. The second kappa shape index (κ2) is 3.87. The van der Waals surface area contributed by atoms with Gasteiger partial charge in [-0.25, -0.2) is 9.97 Å². The van der Waals surface area contributed by atoms with Crippen molar-refractivity contribution in [2.24, 2.45) is 0 Å². The van der Waals surface area contributed by atoms with Crippen LogP contribution in [0.3, 0.4) is 0 Å². The molecule has 0 saturated carbocycles. The summed E-state index contributed by atoms with van der Waals surface area (Å²) in [7, 11) is 0. The molecule has 0 atom stereocenters. The molecule has 2 N–H and O–H groups in total. The van der Waals surface area contributed by atoms with Crippen LogP contribution in [0.1, 0.15) is 25.8 Å². The molecule has 2 aromatic heterocycles. The number of hydrogen-bond donors (Lipinski definition) is 1. The highest BCUT2D eigenvalue weighted by Gasteiger charge is 2.18. The number of pyridine rings is 1. The summed E-state index contributed by atoms with van der Waals surface area (Å²) in [4.78, 5) is 9.57. The van der Waals surface area contributed by atoms with Gasteiger partial charge in [-0.1, -0.05) is 20.8 Å². The molecule has 0 aliphatic carbocycles. The molecular formula is C12H15N3S. The fourth-order valence-electron chi connectivity index (χ4n) is 1.36. The minimum Gasteiger partial charge on any atom is -0.384 e. The van der Waals surface area contributed by atoms with Crippen molar-refractivity contribution in [1.29, 1.82) is 0 Å². The lowest BCUT2D eigenvalue weighted by Crippen LogP contribution is -2.09.